The summed E-state index contributed by atoms with van der Waals surface area (Å²) in [4.78, 5) is 11.5. The summed E-state index contributed by atoms with van der Waals surface area (Å²) >= 11 is 0. The molecule has 2 aromatic rings. The lowest BCUT2D eigenvalue weighted by atomic mass is 10.2. The lowest BCUT2D eigenvalue weighted by Crippen LogP contribution is -2.06. The number of benzene rings is 2. The highest BCUT2D eigenvalue weighted by atomic mass is 16.5. The van der Waals surface area contributed by atoms with Gasteiger partial charge in [0.25, 0.3) is 0 Å². The number of ether oxygens (including phenoxy) is 2. The van der Waals surface area contributed by atoms with Gasteiger partial charge in [0.05, 0.1) is 5.92 Å². The van der Waals surface area contributed by atoms with Crippen LogP contribution in [0.1, 0.15) is 18.4 Å². The summed E-state index contributed by atoms with van der Waals surface area (Å²) in [6.45, 7) is 0.307. The number of rotatable bonds is 5. The molecule has 1 saturated carbocycles. The Balaban J connectivity index is 1.61. The molecule has 0 radical (unpaired) electrons. The molecule has 2 aromatic carbocycles. The standard InChI is InChI=1S/C17H16O3/c18-17(14-9-10-14)19-12-13-5-4-8-16(11-13)20-15-6-2-1-3-7-15/h1-8,11,14H,9-10,12H2. The third kappa shape index (κ3) is 3.38. The summed E-state index contributed by atoms with van der Waals surface area (Å²) in [7, 11) is 0. The molecule has 0 bridgehead atoms. The Hall–Kier alpha value is -2.29. The highest BCUT2D eigenvalue weighted by Gasteiger charge is 2.31. The van der Waals surface area contributed by atoms with Gasteiger partial charge in [-0.2, -0.15) is 0 Å². The molecule has 0 N–H and O–H groups in total. The molecule has 0 aliphatic heterocycles. The van der Waals surface area contributed by atoms with E-state index in [-0.39, 0.29) is 11.9 Å². The second-order valence-electron chi connectivity index (χ2n) is 4.94. The van der Waals surface area contributed by atoms with E-state index in [0.29, 0.717) is 6.61 Å². The first-order chi connectivity index (χ1) is 9.81. The molecule has 20 heavy (non-hydrogen) atoms. The number of para-hydroxylation sites is 1. The SMILES string of the molecule is O=C(OCc1cccc(Oc2ccccc2)c1)C1CC1. The van der Waals surface area contributed by atoms with Crippen molar-refractivity contribution in [2.24, 2.45) is 5.92 Å². The van der Waals surface area contributed by atoms with E-state index in [4.69, 9.17) is 9.47 Å². The molecule has 0 atom stereocenters. The molecule has 0 unspecified atom stereocenters. The van der Waals surface area contributed by atoms with Crippen LogP contribution in [-0.4, -0.2) is 5.97 Å². The molecule has 0 aromatic heterocycles. The van der Waals surface area contributed by atoms with Crippen LogP contribution in [0.4, 0.5) is 0 Å². The first kappa shape index (κ1) is 12.7. The normalized spacial score (nSPS) is 13.8. The second-order valence-corrected chi connectivity index (χ2v) is 4.94. The molecule has 3 heteroatoms. The fourth-order valence-corrected chi connectivity index (χ4v) is 1.91. The highest BCUT2D eigenvalue weighted by molar-refractivity contribution is 5.74. The van der Waals surface area contributed by atoms with E-state index in [1.54, 1.807) is 0 Å². The summed E-state index contributed by atoms with van der Waals surface area (Å²) in [6, 6.07) is 17.2. The Morgan fingerprint density at radius 2 is 1.75 bits per heavy atom. The van der Waals surface area contributed by atoms with Crippen molar-refractivity contribution >= 4 is 5.97 Å². The average molecular weight is 268 g/mol. The fraction of sp³-hybridized carbons (Fsp3) is 0.235. The maximum absolute atomic E-state index is 11.5. The minimum Gasteiger partial charge on any atom is -0.461 e. The van der Waals surface area contributed by atoms with Crippen LogP contribution in [0.2, 0.25) is 0 Å². The van der Waals surface area contributed by atoms with Crippen molar-refractivity contribution in [3.8, 4) is 11.5 Å². The van der Waals surface area contributed by atoms with Crippen molar-refractivity contribution in [1.82, 2.24) is 0 Å². The van der Waals surface area contributed by atoms with Gasteiger partial charge in [0, 0.05) is 0 Å². The number of carbonyl (C=O) groups excluding carboxylic acids is 1. The Kier molecular flexibility index (Phi) is 3.68. The monoisotopic (exact) mass is 268 g/mol. The third-order valence-corrected chi connectivity index (χ3v) is 3.17. The average Bonchev–Trinajstić information content (AvgIpc) is 3.31. The van der Waals surface area contributed by atoms with Crippen molar-refractivity contribution < 1.29 is 14.3 Å². The van der Waals surface area contributed by atoms with Crippen molar-refractivity contribution in [3.05, 3.63) is 60.2 Å². The van der Waals surface area contributed by atoms with E-state index in [2.05, 4.69) is 0 Å². The van der Waals surface area contributed by atoms with E-state index in [9.17, 15) is 4.79 Å². The Labute approximate surface area is 118 Å². The minimum atomic E-state index is -0.0839. The zero-order valence-electron chi connectivity index (χ0n) is 11.1. The second kappa shape index (κ2) is 5.78. The maximum Gasteiger partial charge on any atom is 0.309 e. The van der Waals surface area contributed by atoms with Crippen LogP contribution in [0.3, 0.4) is 0 Å². The molecule has 3 nitrogen and oxygen atoms in total. The lowest BCUT2D eigenvalue weighted by molar-refractivity contribution is -0.146. The third-order valence-electron chi connectivity index (χ3n) is 3.17. The maximum atomic E-state index is 11.5. The molecule has 0 heterocycles. The van der Waals surface area contributed by atoms with Crippen molar-refractivity contribution in [3.63, 3.8) is 0 Å². The Morgan fingerprint density at radius 3 is 2.50 bits per heavy atom. The molecule has 1 aliphatic carbocycles. The van der Waals surface area contributed by atoms with E-state index in [1.807, 2.05) is 54.6 Å². The molecule has 0 saturated heterocycles. The van der Waals surface area contributed by atoms with Gasteiger partial charge >= 0.3 is 5.97 Å². The van der Waals surface area contributed by atoms with Gasteiger partial charge in [-0.3, -0.25) is 4.79 Å². The topological polar surface area (TPSA) is 35.5 Å². The Morgan fingerprint density at radius 1 is 1.00 bits per heavy atom. The van der Waals surface area contributed by atoms with Gasteiger partial charge in [-0.1, -0.05) is 30.3 Å². The van der Waals surface area contributed by atoms with Crippen LogP contribution >= 0.6 is 0 Å². The van der Waals surface area contributed by atoms with Gasteiger partial charge in [0.2, 0.25) is 0 Å². The van der Waals surface area contributed by atoms with Crippen molar-refractivity contribution in [1.29, 1.82) is 0 Å². The number of hydrogen-bond donors (Lipinski definition) is 0. The fourth-order valence-electron chi connectivity index (χ4n) is 1.91. The molecular formula is C17H16O3. The van der Waals surface area contributed by atoms with E-state index in [1.165, 1.54) is 0 Å². The summed E-state index contributed by atoms with van der Waals surface area (Å²) in [5, 5.41) is 0. The molecule has 3 rings (SSSR count). The van der Waals surface area contributed by atoms with Crippen LogP contribution in [0, 0.1) is 5.92 Å². The van der Waals surface area contributed by atoms with Crippen LogP contribution < -0.4 is 4.74 Å². The van der Waals surface area contributed by atoms with Crippen molar-refractivity contribution in [2.45, 2.75) is 19.4 Å². The summed E-state index contributed by atoms with van der Waals surface area (Å²) in [5.41, 5.74) is 0.937. The first-order valence-electron chi connectivity index (χ1n) is 6.80. The quantitative estimate of drug-likeness (QED) is 0.771. The Bertz CT molecular complexity index is 588. The summed E-state index contributed by atoms with van der Waals surface area (Å²) in [6.07, 6.45) is 1.94. The van der Waals surface area contributed by atoms with Crippen LogP contribution in [-0.2, 0) is 16.1 Å². The minimum absolute atomic E-state index is 0.0839. The molecular weight excluding hydrogens is 252 g/mol. The zero-order chi connectivity index (χ0) is 13.8. The number of carbonyl (C=O) groups is 1. The van der Waals surface area contributed by atoms with Gasteiger partial charge in [-0.15, -0.1) is 0 Å². The summed E-state index contributed by atoms with van der Waals surface area (Å²) < 4.78 is 11.0. The number of hydrogen-bond acceptors (Lipinski definition) is 3. The molecule has 1 fully saturated rings. The van der Waals surface area contributed by atoms with E-state index in [0.717, 1.165) is 29.9 Å². The van der Waals surface area contributed by atoms with Gasteiger partial charge in [0.1, 0.15) is 18.1 Å². The van der Waals surface area contributed by atoms with Gasteiger partial charge in [0.15, 0.2) is 0 Å². The molecule has 1 aliphatic rings. The number of esters is 1. The van der Waals surface area contributed by atoms with Crippen LogP contribution in [0.5, 0.6) is 11.5 Å². The summed E-state index contributed by atoms with van der Waals surface area (Å²) in [5.74, 6) is 1.59. The molecule has 102 valence electrons. The van der Waals surface area contributed by atoms with Crippen molar-refractivity contribution in [2.75, 3.05) is 0 Å². The van der Waals surface area contributed by atoms with E-state index >= 15 is 0 Å². The van der Waals surface area contributed by atoms with E-state index < -0.39 is 0 Å². The van der Waals surface area contributed by atoms with Gasteiger partial charge in [-0.25, -0.2) is 0 Å². The van der Waals surface area contributed by atoms with Crippen LogP contribution in [0.25, 0.3) is 0 Å². The first-order valence-corrected chi connectivity index (χ1v) is 6.80. The highest BCUT2D eigenvalue weighted by Crippen LogP contribution is 2.30. The van der Waals surface area contributed by atoms with Gasteiger partial charge in [-0.05, 0) is 42.7 Å². The van der Waals surface area contributed by atoms with Crippen LogP contribution in [0.15, 0.2) is 54.6 Å². The van der Waals surface area contributed by atoms with Gasteiger partial charge < -0.3 is 9.47 Å². The molecule has 0 amide bonds. The predicted octanol–water partition coefficient (Wildman–Crippen LogP) is 3.93. The molecule has 0 spiro atoms. The largest absolute Gasteiger partial charge is 0.461 e. The predicted molar refractivity (Wildman–Crippen MR) is 75.5 cm³/mol. The smallest absolute Gasteiger partial charge is 0.309 e. The lowest BCUT2D eigenvalue weighted by Gasteiger charge is -2.08. The zero-order valence-corrected chi connectivity index (χ0v) is 11.1.